The Bertz CT molecular complexity index is 4600. The van der Waals surface area contributed by atoms with Crippen LogP contribution in [0.1, 0.15) is 108 Å². The minimum absolute atomic E-state index is 0.0215. The standard InChI is InChI=1S/C19H18ClN3O5S2.C19H19ClN2O5S2.C18H15ClN2O6S2/c1-9-7-10(2)16(13(8-9)12(4)24)21-18(25)17-14(5-6-29-17)30(26,27)23-19-15(20)11(3)22-28-19;1-9-7-10(2)17(24)11(3)13(9)8-14(23)18-15(5-6-28-18)29(25,26)22-19-16(20)12(4)21-27-19;1-9-5-13-14(26-8-25-13)7-11(9)6-12(22)17-15(3-4-28-17)29(23,24)21-18-16(19)10(2)20-27-18/h5-8,23H,1-4H3,(H,21,25);5-7,22,24H,8H2,1-4H3;3-5,7,21H,6,8H2,1-2H3. The number of halogens is 3. The molecule has 0 spiro atoms. The van der Waals surface area contributed by atoms with E-state index in [2.05, 4.69) is 35.0 Å². The quantitative estimate of drug-likeness (QED) is 0.0498. The van der Waals surface area contributed by atoms with Crippen LogP contribution < -0.4 is 29.0 Å². The van der Waals surface area contributed by atoms with E-state index in [4.69, 9.17) is 57.8 Å². The molecule has 464 valence electrons. The molecule has 5 N–H and O–H groups in total. The zero-order valence-corrected chi connectivity index (χ0v) is 55.1. The Hall–Kier alpha value is -7.61. The average molecular weight is 1380 g/mol. The van der Waals surface area contributed by atoms with Gasteiger partial charge in [0.05, 0.1) is 15.4 Å². The summed E-state index contributed by atoms with van der Waals surface area (Å²) in [4.78, 5) is 50.4. The SMILES string of the molecule is CC(=O)c1cc(C)cc(C)c1NC(=O)c1sccc1S(=O)(=O)Nc1onc(C)c1Cl.Cc1cc(C)c(CC(=O)c2sccc2S(=O)(=O)Nc2onc(C)c2Cl)c(C)c1O.Cc1cc2c(cc1CC(=O)c1sccc1S(=O)(=O)Nc1onc(C)c1Cl)OCO2. The number of Topliss-reactive ketones (excluding diaryl/α,β-unsaturated/α-hetero) is 3. The highest BCUT2D eigenvalue weighted by Crippen LogP contribution is 2.38. The number of aromatic hydroxyl groups is 1. The fraction of sp³-hybridized carbons (Fsp3) is 0.232. The van der Waals surface area contributed by atoms with E-state index in [9.17, 15) is 49.5 Å². The molecule has 32 heteroatoms. The number of carbonyl (C=O) groups excluding carboxylic acids is 4. The first-order valence-electron chi connectivity index (χ1n) is 25.6. The lowest BCUT2D eigenvalue weighted by Gasteiger charge is -2.14. The van der Waals surface area contributed by atoms with E-state index in [0.717, 1.165) is 61.8 Å². The normalized spacial score (nSPS) is 12.0. The highest BCUT2D eigenvalue weighted by atomic mass is 35.5. The highest BCUT2D eigenvalue weighted by Gasteiger charge is 2.31. The van der Waals surface area contributed by atoms with Gasteiger partial charge in [-0.15, -0.1) is 34.0 Å². The van der Waals surface area contributed by atoms with Gasteiger partial charge in [-0.1, -0.05) is 62.4 Å². The van der Waals surface area contributed by atoms with E-state index in [0.29, 0.717) is 56.5 Å². The zero-order chi connectivity index (χ0) is 64.5. The summed E-state index contributed by atoms with van der Waals surface area (Å²) in [7, 11) is -12.4. The van der Waals surface area contributed by atoms with Crippen molar-refractivity contribution in [3.8, 4) is 17.2 Å². The van der Waals surface area contributed by atoms with Crippen molar-refractivity contribution in [1.82, 2.24) is 15.5 Å². The molecule has 1 amide bonds. The van der Waals surface area contributed by atoms with Gasteiger partial charge in [-0.25, -0.2) is 39.4 Å². The first-order valence-corrected chi connectivity index (χ1v) is 33.9. The second kappa shape index (κ2) is 26.6. The molecule has 0 radical (unpaired) electrons. The number of hydrogen-bond donors (Lipinski definition) is 5. The van der Waals surface area contributed by atoms with Crippen LogP contribution in [0.4, 0.5) is 23.3 Å². The average Bonchev–Trinajstić information content (AvgIpc) is 2.54. The van der Waals surface area contributed by atoms with Crippen molar-refractivity contribution >= 4 is 145 Å². The molecular weight excluding hydrogens is 1330 g/mol. The van der Waals surface area contributed by atoms with Crippen molar-refractivity contribution in [1.29, 1.82) is 0 Å². The number of phenolic OH excluding ortho intramolecular Hbond substituents is 1. The second-order valence-electron chi connectivity index (χ2n) is 19.7. The Morgan fingerprint density at radius 3 is 1.43 bits per heavy atom. The van der Waals surface area contributed by atoms with E-state index in [1.54, 1.807) is 71.2 Å². The van der Waals surface area contributed by atoms with E-state index in [-0.39, 0.29) is 105 Å². The summed E-state index contributed by atoms with van der Waals surface area (Å²) in [5, 5.41) is 28.4. The number of anilines is 4. The van der Waals surface area contributed by atoms with Crippen LogP contribution in [-0.4, -0.2) is 75.9 Å². The number of benzene rings is 3. The highest BCUT2D eigenvalue weighted by molar-refractivity contribution is 7.93. The predicted molar refractivity (Wildman–Crippen MR) is 334 cm³/mol. The van der Waals surface area contributed by atoms with Gasteiger partial charge in [0.1, 0.15) is 57.5 Å². The van der Waals surface area contributed by atoms with Crippen molar-refractivity contribution in [2.45, 2.75) is 96.8 Å². The fourth-order valence-electron chi connectivity index (χ4n) is 8.73. The number of aryl methyl sites for hydroxylation is 8. The summed E-state index contributed by atoms with van der Waals surface area (Å²) in [6.07, 6.45) is -0.00953. The summed E-state index contributed by atoms with van der Waals surface area (Å²) in [5.41, 5.74) is 7.73. The molecular formula is C56H52Cl3N7O16S6. The minimum Gasteiger partial charge on any atom is -0.507 e. The number of fused-ring (bicyclic) bond motifs is 1. The third-order valence-electron chi connectivity index (χ3n) is 13.2. The molecule has 7 heterocycles. The summed E-state index contributed by atoms with van der Waals surface area (Å²) in [5.74, 6) is -0.876. The first-order chi connectivity index (χ1) is 41.3. The largest absolute Gasteiger partial charge is 0.507 e. The number of ketones is 3. The molecule has 23 nitrogen and oxygen atoms in total. The van der Waals surface area contributed by atoms with Gasteiger partial charge >= 0.3 is 0 Å². The summed E-state index contributed by atoms with van der Waals surface area (Å²) in [6.45, 7) is 17.1. The number of nitrogens with one attached hydrogen (secondary N) is 4. The van der Waals surface area contributed by atoms with E-state index in [1.807, 2.05) is 26.8 Å². The molecule has 88 heavy (non-hydrogen) atoms. The van der Waals surface area contributed by atoms with E-state index < -0.39 is 36.0 Å². The molecule has 1 aliphatic rings. The Morgan fingerprint density at radius 1 is 0.557 bits per heavy atom. The maximum atomic E-state index is 12.9. The monoisotopic (exact) mass is 1380 g/mol. The van der Waals surface area contributed by atoms with Crippen LogP contribution >= 0.6 is 68.8 Å². The van der Waals surface area contributed by atoms with Crippen LogP contribution in [-0.2, 0) is 42.9 Å². The predicted octanol–water partition coefficient (Wildman–Crippen LogP) is 13.1. The smallest absolute Gasteiger partial charge is 0.267 e. The number of hydrogen-bond acceptors (Lipinski definition) is 22. The van der Waals surface area contributed by atoms with Gasteiger partial charge < -0.3 is 33.5 Å². The van der Waals surface area contributed by atoms with Gasteiger partial charge in [0, 0.05) is 18.4 Å². The lowest BCUT2D eigenvalue weighted by molar-refractivity contribution is 0.0985. The number of rotatable bonds is 18. The van der Waals surface area contributed by atoms with E-state index >= 15 is 0 Å². The molecule has 0 bridgehead atoms. The number of ether oxygens (including phenoxy) is 2. The molecule has 0 atom stereocenters. The lowest BCUT2D eigenvalue weighted by atomic mass is 9.94. The molecule has 0 fully saturated rings. The van der Waals surface area contributed by atoms with Crippen LogP contribution in [0.15, 0.2) is 92.9 Å². The number of phenols is 1. The van der Waals surface area contributed by atoms with Crippen LogP contribution in [0.3, 0.4) is 0 Å². The maximum Gasteiger partial charge on any atom is 0.267 e. The number of aromatic nitrogens is 3. The molecule has 0 aliphatic carbocycles. The number of carbonyl (C=O) groups is 4. The number of sulfonamides is 3. The molecule has 0 saturated heterocycles. The van der Waals surface area contributed by atoms with Crippen molar-refractivity contribution in [2.75, 3.05) is 26.3 Å². The van der Waals surface area contributed by atoms with Crippen LogP contribution in [0.25, 0.3) is 0 Å². The number of amides is 1. The summed E-state index contributed by atoms with van der Waals surface area (Å²) < 4.78 is 109. The van der Waals surface area contributed by atoms with E-state index in [1.165, 1.54) is 35.9 Å². The Labute approximate surface area is 531 Å². The van der Waals surface area contributed by atoms with Gasteiger partial charge in [-0.05, 0) is 166 Å². The van der Waals surface area contributed by atoms with Crippen LogP contribution in [0.2, 0.25) is 15.1 Å². The van der Waals surface area contributed by atoms with Gasteiger partial charge in [-0.3, -0.25) is 19.2 Å². The van der Waals surface area contributed by atoms with Crippen LogP contribution in [0, 0.1) is 62.3 Å². The van der Waals surface area contributed by atoms with Crippen LogP contribution in [0.5, 0.6) is 17.2 Å². The summed E-state index contributed by atoms with van der Waals surface area (Å²) in [6, 6.07) is 12.9. The topological polar surface area (TPSA) is 336 Å². The minimum atomic E-state index is -4.18. The maximum absolute atomic E-state index is 12.9. The second-order valence-corrected chi connectivity index (χ2v) is 28.5. The van der Waals surface area contributed by atoms with Gasteiger partial charge in [-0.2, -0.15) is 0 Å². The zero-order valence-electron chi connectivity index (χ0n) is 48.0. The molecule has 3 aromatic carbocycles. The lowest BCUT2D eigenvalue weighted by Crippen LogP contribution is -2.19. The molecule has 0 saturated carbocycles. The van der Waals surface area contributed by atoms with Crippen molar-refractivity contribution in [3.05, 3.63) is 162 Å². The number of thiophene rings is 3. The molecule has 1 aliphatic heterocycles. The molecule has 0 unspecified atom stereocenters. The molecule has 9 aromatic rings. The van der Waals surface area contributed by atoms with Gasteiger partial charge in [0.2, 0.25) is 6.79 Å². The van der Waals surface area contributed by atoms with Crippen molar-refractivity contribution < 1.29 is 72.6 Å². The van der Waals surface area contributed by atoms with Crippen molar-refractivity contribution in [2.24, 2.45) is 0 Å². The number of nitrogens with zero attached hydrogens (tertiary/aromatic N) is 3. The Balaban J connectivity index is 0.000000171. The third-order valence-corrected chi connectivity index (χ3v) is 21.9. The Kier molecular flexibility index (Phi) is 20.1. The van der Waals surface area contributed by atoms with Crippen molar-refractivity contribution in [3.63, 3.8) is 0 Å². The Morgan fingerprint density at radius 2 is 0.989 bits per heavy atom. The van der Waals surface area contributed by atoms with Gasteiger partial charge in [0.15, 0.2) is 28.8 Å². The third kappa shape index (κ3) is 14.4. The fourth-order valence-corrected chi connectivity index (χ4v) is 16.3. The summed E-state index contributed by atoms with van der Waals surface area (Å²) >= 11 is 21.0. The molecule has 6 aromatic heterocycles. The molecule has 10 rings (SSSR count). The first kappa shape index (κ1) is 66.3. The van der Waals surface area contributed by atoms with Gasteiger partial charge in [0.25, 0.3) is 53.6 Å².